The molecule has 1 saturated carbocycles. The van der Waals surface area contributed by atoms with Gasteiger partial charge in [0.2, 0.25) is 0 Å². The van der Waals surface area contributed by atoms with E-state index < -0.39 is 10.0 Å². The van der Waals surface area contributed by atoms with Crippen LogP contribution >= 0.6 is 15.9 Å². The van der Waals surface area contributed by atoms with Crippen LogP contribution in [0, 0.1) is 12.8 Å². The molecule has 170 valence electrons. The van der Waals surface area contributed by atoms with Gasteiger partial charge in [-0.05, 0) is 62.1 Å². The van der Waals surface area contributed by atoms with E-state index in [9.17, 15) is 13.2 Å². The Morgan fingerprint density at radius 1 is 1.06 bits per heavy atom. The van der Waals surface area contributed by atoms with Crippen molar-refractivity contribution in [3.63, 3.8) is 0 Å². The molecule has 1 aliphatic rings. The highest BCUT2D eigenvalue weighted by molar-refractivity contribution is 9.10. The predicted molar refractivity (Wildman–Crippen MR) is 132 cm³/mol. The summed E-state index contributed by atoms with van der Waals surface area (Å²) in [6.45, 7) is 2.54. The lowest BCUT2D eigenvalue weighted by atomic mass is 10.0. The van der Waals surface area contributed by atoms with Crippen molar-refractivity contribution in [2.24, 2.45) is 13.0 Å². The minimum atomic E-state index is -3.95. The average Bonchev–Trinajstić information content (AvgIpc) is 3.50. The van der Waals surface area contributed by atoms with Gasteiger partial charge in [-0.3, -0.25) is 4.79 Å². The molecule has 0 unspecified atom stereocenters. The predicted octanol–water partition coefficient (Wildman–Crippen LogP) is 5.10. The molecule has 0 radical (unpaired) electrons. The van der Waals surface area contributed by atoms with E-state index in [2.05, 4.69) is 15.9 Å². The summed E-state index contributed by atoms with van der Waals surface area (Å²) in [7, 11) is -2.32. The van der Waals surface area contributed by atoms with Crippen molar-refractivity contribution in [2.75, 3.05) is 6.61 Å². The molecule has 33 heavy (non-hydrogen) atoms. The first-order valence-corrected chi connectivity index (χ1v) is 12.9. The van der Waals surface area contributed by atoms with E-state index in [1.165, 1.54) is 23.6 Å². The summed E-state index contributed by atoms with van der Waals surface area (Å²) in [5.74, 6) is 1.29. The van der Waals surface area contributed by atoms with Crippen molar-refractivity contribution in [3.05, 3.63) is 81.3 Å². The smallest absolute Gasteiger partial charge is 0.275 e. The second kappa shape index (κ2) is 8.18. The molecule has 0 aliphatic heterocycles. The maximum Gasteiger partial charge on any atom is 0.275 e. The molecule has 1 fully saturated rings. The number of nitrogens with zero attached hydrogens (tertiary/aromatic N) is 2. The van der Waals surface area contributed by atoms with Crippen LogP contribution in [0.15, 0.2) is 75.1 Å². The molecule has 0 saturated heterocycles. The summed E-state index contributed by atoms with van der Waals surface area (Å²) in [4.78, 5) is 13.3. The van der Waals surface area contributed by atoms with E-state index in [4.69, 9.17) is 4.74 Å². The molecule has 0 spiro atoms. The molecule has 0 atom stereocenters. The molecule has 6 nitrogen and oxygen atoms in total. The van der Waals surface area contributed by atoms with Gasteiger partial charge in [-0.15, -0.1) is 0 Å². The van der Waals surface area contributed by atoms with Gasteiger partial charge in [0.05, 0.1) is 11.5 Å². The summed E-state index contributed by atoms with van der Waals surface area (Å²) in [6, 6.07) is 14.0. The molecule has 2 heterocycles. The molecule has 0 amide bonds. The number of halogens is 1. The number of aromatic nitrogens is 2. The van der Waals surface area contributed by atoms with Gasteiger partial charge in [0.25, 0.3) is 15.6 Å². The molecule has 8 heteroatoms. The summed E-state index contributed by atoms with van der Waals surface area (Å²) in [5.41, 5.74) is 2.22. The zero-order valence-corrected chi connectivity index (χ0v) is 20.7. The maximum atomic E-state index is 13.4. The molecule has 2 aromatic heterocycles. The van der Waals surface area contributed by atoms with Crippen LogP contribution in [-0.4, -0.2) is 23.6 Å². The second-order valence-electron chi connectivity index (χ2n) is 8.55. The fourth-order valence-corrected chi connectivity index (χ4v) is 5.61. The highest BCUT2D eigenvalue weighted by atomic mass is 79.9. The number of benzene rings is 2. The average molecular weight is 527 g/mol. The largest absolute Gasteiger partial charge is 0.493 e. The molecule has 5 rings (SSSR count). The van der Waals surface area contributed by atoms with Crippen LogP contribution in [0.4, 0.5) is 0 Å². The van der Waals surface area contributed by atoms with Crippen molar-refractivity contribution in [3.8, 4) is 16.9 Å². The number of pyridine rings is 1. The molecule has 4 aromatic rings. The second-order valence-corrected chi connectivity index (χ2v) is 11.3. The first kappa shape index (κ1) is 22.0. The van der Waals surface area contributed by atoms with Crippen LogP contribution in [0.25, 0.3) is 22.0 Å². The summed E-state index contributed by atoms with van der Waals surface area (Å²) in [6.07, 6.45) is 5.54. The van der Waals surface area contributed by atoms with E-state index in [1.54, 1.807) is 43.6 Å². The number of fused-ring (bicyclic) bond motifs is 1. The van der Waals surface area contributed by atoms with E-state index in [-0.39, 0.29) is 16.0 Å². The number of hydrogen-bond acceptors (Lipinski definition) is 4. The van der Waals surface area contributed by atoms with Crippen molar-refractivity contribution < 1.29 is 13.2 Å². The Morgan fingerprint density at radius 2 is 1.79 bits per heavy atom. The minimum Gasteiger partial charge on any atom is -0.493 e. The van der Waals surface area contributed by atoms with E-state index in [1.807, 2.05) is 25.1 Å². The highest BCUT2D eigenvalue weighted by Crippen LogP contribution is 2.38. The van der Waals surface area contributed by atoms with Crippen molar-refractivity contribution in [1.82, 2.24) is 8.54 Å². The maximum absolute atomic E-state index is 13.4. The normalized spacial score (nSPS) is 14.0. The van der Waals surface area contributed by atoms with Gasteiger partial charge >= 0.3 is 0 Å². The van der Waals surface area contributed by atoms with Crippen LogP contribution in [0.3, 0.4) is 0 Å². The van der Waals surface area contributed by atoms with Crippen molar-refractivity contribution in [2.45, 2.75) is 24.7 Å². The Bertz CT molecular complexity index is 1530. The number of hydrogen-bond donors (Lipinski definition) is 0. The third kappa shape index (κ3) is 4.02. The Balaban J connectivity index is 1.72. The van der Waals surface area contributed by atoms with Gasteiger partial charge < -0.3 is 9.30 Å². The van der Waals surface area contributed by atoms with E-state index >= 15 is 0 Å². The lowest BCUT2D eigenvalue weighted by Gasteiger charge is -2.15. The van der Waals surface area contributed by atoms with Gasteiger partial charge in [-0.2, -0.15) is 0 Å². The summed E-state index contributed by atoms with van der Waals surface area (Å²) >= 11 is 3.53. The van der Waals surface area contributed by atoms with Gasteiger partial charge in [0.15, 0.2) is 0 Å². The van der Waals surface area contributed by atoms with Crippen molar-refractivity contribution >= 4 is 36.9 Å². The van der Waals surface area contributed by atoms with Crippen LogP contribution in [0.2, 0.25) is 0 Å². The molecule has 1 aliphatic carbocycles. The van der Waals surface area contributed by atoms with Crippen molar-refractivity contribution in [1.29, 1.82) is 0 Å². The number of aryl methyl sites for hydroxylation is 2. The third-order valence-electron chi connectivity index (χ3n) is 5.97. The topological polar surface area (TPSA) is 70.3 Å². The molecule has 0 bridgehead atoms. The van der Waals surface area contributed by atoms with Gasteiger partial charge in [0.1, 0.15) is 11.3 Å². The van der Waals surface area contributed by atoms with E-state index in [0.29, 0.717) is 23.7 Å². The minimum absolute atomic E-state index is 0.115. The van der Waals surface area contributed by atoms with E-state index in [0.717, 1.165) is 25.1 Å². The molecule has 2 aromatic carbocycles. The quantitative estimate of drug-likeness (QED) is 0.350. The first-order valence-electron chi connectivity index (χ1n) is 10.7. The van der Waals surface area contributed by atoms with Crippen LogP contribution in [-0.2, 0) is 17.1 Å². The third-order valence-corrected chi connectivity index (χ3v) is 8.15. The van der Waals surface area contributed by atoms with Gasteiger partial charge in [-0.25, -0.2) is 12.4 Å². The summed E-state index contributed by atoms with van der Waals surface area (Å²) in [5, 5.41) is 0.558. The lowest BCUT2D eigenvalue weighted by molar-refractivity contribution is 0.301. The Kier molecular flexibility index (Phi) is 5.45. The zero-order valence-electron chi connectivity index (χ0n) is 18.3. The van der Waals surface area contributed by atoms with Crippen LogP contribution in [0.1, 0.15) is 18.4 Å². The Hall–Kier alpha value is -2.84. The molecule has 0 N–H and O–H groups in total. The zero-order chi connectivity index (χ0) is 23.3. The van der Waals surface area contributed by atoms with Gasteiger partial charge in [-0.1, -0.05) is 33.6 Å². The fourth-order valence-electron chi connectivity index (χ4n) is 3.90. The monoisotopic (exact) mass is 526 g/mol. The van der Waals surface area contributed by atoms with Gasteiger partial charge in [0, 0.05) is 40.4 Å². The SMILES string of the molecule is Cc1ccc(S(=O)(=O)n2ccc3c(-c4cc(Br)ccc4OCC4CC4)cn(C)c(=O)c32)cc1. The highest BCUT2D eigenvalue weighted by Gasteiger charge is 2.25. The van der Waals surface area contributed by atoms with Crippen LogP contribution in [0.5, 0.6) is 5.75 Å². The molecular weight excluding hydrogens is 504 g/mol. The first-order chi connectivity index (χ1) is 15.8. The standard InChI is InChI=1S/C25H23BrN2O4S/c1-16-3-8-19(9-4-16)33(30,31)28-12-11-20-22(14-27(2)25(29)24(20)28)21-13-18(26)7-10-23(21)32-15-17-5-6-17/h3-4,7-14,17H,5-6,15H2,1-2H3. The molecular formula is C25H23BrN2O4S. The lowest BCUT2D eigenvalue weighted by Crippen LogP contribution is -2.22. The Morgan fingerprint density at radius 3 is 2.48 bits per heavy atom. The number of ether oxygens (including phenoxy) is 1. The number of rotatable bonds is 6. The summed E-state index contributed by atoms with van der Waals surface area (Å²) < 4.78 is 36.3. The fraction of sp³-hybridized carbons (Fsp3) is 0.240. The van der Waals surface area contributed by atoms with Crippen LogP contribution < -0.4 is 10.3 Å². The Labute approximate surface area is 200 Å².